The van der Waals surface area contributed by atoms with Crippen LogP contribution in [-0.4, -0.2) is 0 Å². The van der Waals surface area contributed by atoms with Crippen LogP contribution in [0.2, 0.25) is 0 Å². The van der Waals surface area contributed by atoms with Crippen LogP contribution in [-0.2, 0) is 10.8 Å². The Bertz CT molecular complexity index is 853. The molecular formula is C24H28. The van der Waals surface area contributed by atoms with Gasteiger partial charge in [0.2, 0.25) is 0 Å². The normalized spacial score (nSPS) is 12.6. The molecule has 3 rings (SSSR count). The fourth-order valence-electron chi connectivity index (χ4n) is 3.05. The van der Waals surface area contributed by atoms with Crippen LogP contribution < -0.4 is 0 Å². The second-order valence-corrected chi connectivity index (χ2v) is 8.85. The zero-order valence-corrected chi connectivity index (χ0v) is 15.8. The minimum Gasteiger partial charge on any atom is -0.0579 e. The fraction of sp³-hybridized carbons (Fsp3) is 0.333. The van der Waals surface area contributed by atoms with Gasteiger partial charge in [-0.15, -0.1) is 0 Å². The van der Waals surface area contributed by atoms with E-state index in [0.29, 0.717) is 0 Å². The summed E-state index contributed by atoms with van der Waals surface area (Å²) in [5.41, 5.74) is 5.72. The Hall–Kier alpha value is -2.08. The molecule has 0 saturated heterocycles. The van der Waals surface area contributed by atoms with E-state index in [1.807, 2.05) is 0 Å². The summed E-state index contributed by atoms with van der Waals surface area (Å²) in [5, 5.41) is 2.62. The maximum absolute atomic E-state index is 2.32. The standard InChI is InChI=1S/C24H28/c1-23(2,3)21-12-9-17(10-13-21)18-7-8-20-16-22(24(4,5)6)14-11-19(20)15-18/h7-16H,1-6H3. The molecule has 0 bridgehead atoms. The average molecular weight is 316 g/mol. The van der Waals surface area contributed by atoms with E-state index in [4.69, 9.17) is 0 Å². The predicted molar refractivity (Wildman–Crippen MR) is 107 cm³/mol. The molecule has 0 spiro atoms. The van der Waals surface area contributed by atoms with Crippen molar-refractivity contribution in [2.24, 2.45) is 0 Å². The van der Waals surface area contributed by atoms with Crippen molar-refractivity contribution >= 4 is 10.8 Å². The van der Waals surface area contributed by atoms with Gasteiger partial charge in [-0.1, -0.05) is 96.1 Å². The van der Waals surface area contributed by atoms with Crippen LogP contribution in [0.1, 0.15) is 52.7 Å². The minimum absolute atomic E-state index is 0.190. The van der Waals surface area contributed by atoms with Gasteiger partial charge in [0, 0.05) is 0 Å². The minimum atomic E-state index is 0.190. The molecule has 0 radical (unpaired) electrons. The molecule has 0 heteroatoms. The molecule has 0 atom stereocenters. The van der Waals surface area contributed by atoms with Crippen molar-refractivity contribution in [1.82, 2.24) is 0 Å². The average Bonchev–Trinajstić information content (AvgIpc) is 2.52. The van der Waals surface area contributed by atoms with E-state index in [2.05, 4.69) is 102 Å². The van der Waals surface area contributed by atoms with Crippen molar-refractivity contribution in [3.8, 4) is 11.1 Å². The molecule has 0 heterocycles. The third kappa shape index (κ3) is 3.38. The highest BCUT2D eigenvalue weighted by atomic mass is 14.2. The van der Waals surface area contributed by atoms with Crippen molar-refractivity contribution in [3.63, 3.8) is 0 Å². The summed E-state index contributed by atoms with van der Waals surface area (Å²) in [7, 11) is 0. The van der Waals surface area contributed by atoms with Crippen molar-refractivity contribution in [1.29, 1.82) is 0 Å². The van der Waals surface area contributed by atoms with Gasteiger partial charge in [-0.2, -0.15) is 0 Å². The Balaban J connectivity index is 1.99. The molecule has 0 saturated carbocycles. The molecule has 0 amide bonds. The van der Waals surface area contributed by atoms with E-state index in [-0.39, 0.29) is 10.8 Å². The van der Waals surface area contributed by atoms with Crippen LogP contribution in [0.15, 0.2) is 60.7 Å². The van der Waals surface area contributed by atoms with E-state index in [1.54, 1.807) is 0 Å². The lowest BCUT2D eigenvalue weighted by Gasteiger charge is -2.20. The quantitative estimate of drug-likeness (QED) is 0.449. The molecule has 0 nitrogen and oxygen atoms in total. The molecule has 0 aliphatic rings. The fourth-order valence-corrected chi connectivity index (χ4v) is 3.05. The number of hydrogen-bond donors (Lipinski definition) is 0. The third-order valence-corrected chi connectivity index (χ3v) is 4.79. The Morgan fingerprint density at radius 1 is 0.458 bits per heavy atom. The molecule has 3 aromatic carbocycles. The summed E-state index contributed by atoms with van der Waals surface area (Å²) in [6, 6.07) is 22.6. The van der Waals surface area contributed by atoms with Gasteiger partial charge >= 0.3 is 0 Å². The lowest BCUT2D eigenvalue weighted by molar-refractivity contribution is 0.590. The molecule has 0 aliphatic carbocycles. The van der Waals surface area contributed by atoms with E-state index < -0.39 is 0 Å². The predicted octanol–water partition coefficient (Wildman–Crippen LogP) is 7.10. The highest BCUT2D eigenvalue weighted by Gasteiger charge is 2.14. The highest BCUT2D eigenvalue weighted by Crippen LogP contribution is 2.30. The lowest BCUT2D eigenvalue weighted by atomic mass is 9.85. The SMILES string of the molecule is CC(C)(C)c1ccc(-c2ccc3cc(C(C)(C)C)ccc3c2)cc1. The van der Waals surface area contributed by atoms with Gasteiger partial charge in [-0.05, 0) is 49.9 Å². The molecule has 24 heavy (non-hydrogen) atoms. The largest absolute Gasteiger partial charge is 0.0579 e. The topological polar surface area (TPSA) is 0 Å². The van der Waals surface area contributed by atoms with Crippen LogP contribution >= 0.6 is 0 Å². The molecule has 3 aromatic rings. The maximum atomic E-state index is 2.32. The van der Waals surface area contributed by atoms with Crippen LogP contribution in [0.4, 0.5) is 0 Å². The van der Waals surface area contributed by atoms with Gasteiger partial charge in [-0.25, -0.2) is 0 Å². The van der Waals surface area contributed by atoms with Crippen molar-refractivity contribution < 1.29 is 0 Å². The summed E-state index contributed by atoms with van der Waals surface area (Å²) >= 11 is 0. The number of fused-ring (bicyclic) bond motifs is 1. The monoisotopic (exact) mass is 316 g/mol. The van der Waals surface area contributed by atoms with Crippen LogP contribution in [0, 0.1) is 0 Å². The van der Waals surface area contributed by atoms with Gasteiger partial charge in [0.15, 0.2) is 0 Å². The lowest BCUT2D eigenvalue weighted by Crippen LogP contribution is -2.10. The van der Waals surface area contributed by atoms with Gasteiger partial charge in [0.25, 0.3) is 0 Å². The Labute approximate surface area is 146 Å². The second kappa shape index (κ2) is 5.77. The van der Waals surface area contributed by atoms with E-state index >= 15 is 0 Å². The number of rotatable bonds is 1. The maximum Gasteiger partial charge on any atom is -0.0132 e. The zero-order valence-electron chi connectivity index (χ0n) is 15.8. The molecule has 0 aromatic heterocycles. The van der Waals surface area contributed by atoms with E-state index in [1.165, 1.54) is 33.0 Å². The van der Waals surface area contributed by atoms with Crippen LogP contribution in [0.25, 0.3) is 21.9 Å². The first-order valence-electron chi connectivity index (χ1n) is 8.80. The number of hydrogen-bond acceptors (Lipinski definition) is 0. The smallest absolute Gasteiger partial charge is 0.0132 e. The molecule has 0 N–H and O–H groups in total. The molecule has 0 fully saturated rings. The van der Waals surface area contributed by atoms with Gasteiger partial charge in [0.1, 0.15) is 0 Å². The first-order valence-corrected chi connectivity index (χ1v) is 8.80. The Kier molecular flexibility index (Phi) is 4.03. The molecular weight excluding hydrogens is 288 g/mol. The van der Waals surface area contributed by atoms with Crippen molar-refractivity contribution in [2.45, 2.75) is 52.4 Å². The Morgan fingerprint density at radius 3 is 1.50 bits per heavy atom. The van der Waals surface area contributed by atoms with Crippen molar-refractivity contribution in [3.05, 3.63) is 71.8 Å². The first kappa shape index (κ1) is 16.8. The molecule has 124 valence electrons. The summed E-state index contributed by atoms with van der Waals surface area (Å²) < 4.78 is 0. The van der Waals surface area contributed by atoms with Gasteiger partial charge < -0.3 is 0 Å². The van der Waals surface area contributed by atoms with E-state index in [9.17, 15) is 0 Å². The second-order valence-electron chi connectivity index (χ2n) is 8.85. The molecule has 0 aliphatic heterocycles. The van der Waals surface area contributed by atoms with E-state index in [0.717, 1.165) is 0 Å². The van der Waals surface area contributed by atoms with Crippen molar-refractivity contribution in [2.75, 3.05) is 0 Å². The van der Waals surface area contributed by atoms with Gasteiger partial charge in [-0.3, -0.25) is 0 Å². The molecule has 0 unspecified atom stereocenters. The summed E-state index contributed by atoms with van der Waals surface area (Å²) in [6.07, 6.45) is 0. The zero-order chi connectivity index (χ0) is 17.5. The van der Waals surface area contributed by atoms with Crippen LogP contribution in [0.5, 0.6) is 0 Å². The highest BCUT2D eigenvalue weighted by molar-refractivity contribution is 5.88. The third-order valence-electron chi connectivity index (χ3n) is 4.79. The summed E-state index contributed by atoms with van der Waals surface area (Å²) in [6.45, 7) is 13.6. The summed E-state index contributed by atoms with van der Waals surface area (Å²) in [5.74, 6) is 0. The first-order chi connectivity index (χ1) is 11.1. The Morgan fingerprint density at radius 2 is 0.917 bits per heavy atom. The number of benzene rings is 3. The summed E-state index contributed by atoms with van der Waals surface area (Å²) in [4.78, 5) is 0. The van der Waals surface area contributed by atoms with Crippen LogP contribution in [0.3, 0.4) is 0 Å². The van der Waals surface area contributed by atoms with Gasteiger partial charge in [0.05, 0.1) is 0 Å².